The van der Waals surface area contributed by atoms with Gasteiger partial charge in [-0.25, -0.2) is 4.79 Å². The Morgan fingerprint density at radius 3 is 2.33 bits per heavy atom. The molecule has 1 aliphatic heterocycles. The van der Waals surface area contributed by atoms with Crippen molar-refractivity contribution in [3.63, 3.8) is 0 Å². The number of Topliss-reactive ketones (excluding diaryl/α,β-unsaturated/α-hetero) is 1. The lowest BCUT2D eigenvalue weighted by Crippen LogP contribution is -2.61. The number of terminal acetylenes is 1. The molecular weight excluding hydrogens is 502 g/mol. The molecular formula is C29H41N3O7. The van der Waals surface area contributed by atoms with Crippen LogP contribution in [-0.4, -0.2) is 78.2 Å². The highest BCUT2D eigenvalue weighted by atomic mass is 16.6. The minimum Gasteiger partial charge on any atom is -0.497 e. The van der Waals surface area contributed by atoms with Gasteiger partial charge in [0.05, 0.1) is 18.8 Å². The van der Waals surface area contributed by atoms with Crippen LogP contribution in [0.5, 0.6) is 5.75 Å². The summed E-state index contributed by atoms with van der Waals surface area (Å²) < 4.78 is 16.1. The van der Waals surface area contributed by atoms with Gasteiger partial charge in [0.1, 0.15) is 30.0 Å². The standard InChI is InChI=1S/C29H41N3O7/c1-9-17-38-19(2)24(31-27(36)39-28(4,5)6)25(34)30-23(18-21-11-13-22(37-8)14-12-21)26(35)32-16-10-15-29(32,7)20(3)33/h1,11-14,19,23-24H,10,15-18H2,2-8H3,(H,30,34)(H,31,36)/t19-,23+,24+,29+/m1/s1. The number of nitrogens with zero attached hydrogens (tertiary/aromatic N) is 1. The fourth-order valence-electron chi connectivity index (χ4n) is 4.44. The van der Waals surface area contributed by atoms with Gasteiger partial charge in [-0.2, -0.15) is 0 Å². The number of likely N-dealkylation sites (tertiary alicyclic amines) is 1. The topological polar surface area (TPSA) is 123 Å². The summed E-state index contributed by atoms with van der Waals surface area (Å²) in [5, 5.41) is 5.35. The summed E-state index contributed by atoms with van der Waals surface area (Å²) in [6.45, 7) is 10.2. The number of alkyl carbamates (subject to hydrolysis) is 1. The number of ketones is 1. The Hall–Kier alpha value is -3.58. The third kappa shape index (κ3) is 8.72. The van der Waals surface area contributed by atoms with Crippen LogP contribution in [0.1, 0.15) is 59.9 Å². The number of rotatable bonds is 11. The first-order chi connectivity index (χ1) is 18.2. The lowest BCUT2D eigenvalue weighted by molar-refractivity contribution is -0.145. The molecule has 4 atom stereocenters. The molecule has 1 aliphatic rings. The molecule has 0 aromatic heterocycles. The molecule has 10 nitrogen and oxygen atoms in total. The Balaban J connectivity index is 2.38. The van der Waals surface area contributed by atoms with Crippen molar-refractivity contribution in [3.05, 3.63) is 29.8 Å². The maximum absolute atomic E-state index is 13.9. The van der Waals surface area contributed by atoms with E-state index in [9.17, 15) is 19.2 Å². The molecule has 0 unspecified atom stereocenters. The van der Waals surface area contributed by atoms with Crippen molar-refractivity contribution >= 4 is 23.7 Å². The highest BCUT2D eigenvalue weighted by Gasteiger charge is 2.45. The summed E-state index contributed by atoms with van der Waals surface area (Å²) in [7, 11) is 1.55. The Labute approximate surface area is 231 Å². The summed E-state index contributed by atoms with van der Waals surface area (Å²) >= 11 is 0. The van der Waals surface area contributed by atoms with Crippen LogP contribution in [0.4, 0.5) is 4.79 Å². The number of benzene rings is 1. The van der Waals surface area contributed by atoms with Crippen LogP contribution in [0.15, 0.2) is 24.3 Å². The lowest BCUT2D eigenvalue weighted by Gasteiger charge is -2.36. The Bertz CT molecular complexity index is 1070. The van der Waals surface area contributed by atoms with E-state index in [1.165, 1.54) is 6.92 Å². The molecule has 1 saturated heterocycles. The van der Waals surface area contributed by atoms with Gasteiger partial charge in [0.2, 0.25) is 11.8 Å². The second-order valence-corrected chi connectivity index (χ2v) is 10.9. The molecule has 0 bridgehead atoms. The average Bonchev–Trinajstić information content (AvgIpc) is 3.27. The molecule has 214 valence electrons. The molecule has 0 radical (unpaired) electrons. The average molecular weight is 544 g/mol. The normalized spacial score (nSPS) is 19.3. The zero-order chi connectivity index (χ0) is 29.4. The van der Waals surface area contributed by atoms with Crippen molar-refractivity contribution in [3.8, 4) is 18.1 Å². The van der Waals surface area contributed by atoms with E-state index in [1.54, 1.807) is 70.9 Å². The summed E-state index contributed by atoms with van der Waals surface area (Å²) in [4.78, 5) is 54.1. The summed E-state index contributed by atoms with van der Waals surface area (Å²) in [5.74, 6) is 1.83. The second kappa shape index (κ2) is 13.5. The summed E-state index contributed by atoms with van der Waals surface area (Å²) in [6, 6.07) is 4.89. The monoisotopic (exact) mass is 543 g/mol. The molecule has 1 heterocycles. The maximum atomic E-state index is 13.9. The number of carbonyl (C=O) groups is 4. The number of amides is 3. The largest absolute Gasteiger partial charge is 0.497 e. The minimum atomic E-state index is -1.21. The highest BCUT2D eigenvalue weighted by molar-refractivity contribution is 5.96. The second-order valence-electron chi connectivity index (χ2n) is 10.9. The van der Waals surface area contributed by atoms with Gasteiger partial charge in [0.25, 0.3) is 0 Å². The van der Waals surface area contributed by atoms with Crippen molar-refractivity contribution in [1.29, 1.82) is 0 Å². The highest BCUT2D eigenvalue weighted by Crippen LogP contribution is 2.31. The predicted molar refractivity (Wildman–Crippen MR) is 146 cm³/mol. The van der Waals surface area contributed by atoms with E-state index in [1.807, 2.05) is 0 Å². The molecule has 3 amide bonds. The fourth-order valence-corrected chi connectivity index (χ4v) is 4.44. The Morgan fingerprint density at radius 1 is 1.15 bits per heavy atom. The minimum absolute atomic E-state index is 0.0834. The number of ether oxygens (including phenoxy) is 3. The van der Waals surface area contributed by atoms with E-state index in [-0.39, 0.29) is 24.7 Å². The third-order valence-electron chi connectivity index (χ3n) is 6.73. The predicted octanol–water partition coefficient (Wildman–Crippen LogP) is 2.62. The van der Waals surface area contributed by atoms with Gasteiger partial charge in [-0.1, -0.05) is 18.1 Å². The van der Waals surface area contributed by atoms with Crippen molar-refractivity contribution in [2.45, 2.75) is 90.1 Å². The third-order valence-corrected chi connectivity index (χ3v) is 6.73. The molecule has 0 aliphatic carbocycles. The zero-order valence-corrected chi connectivity index (χ0v) is 24.0. The molecule has 2 N–H and O–H groups in total. The van der Waals surface area contributed by atoms with E-state index in [0.29, 0.717) is 25.1 Å². The van der Waals surface area contributed by atoms with Crippen LogP contribution in [0.3, 0.4) is 0 Å². The van der Waals surface area contributed by atoms with Crippen molar-refractivity contribution in [2.24, 2.45) is 0 Å². The fraction of sp³-hybridized carbons (Fsp3) is 0.586. The van der Waals surface area contributed by atoms with Gasteiger partial charge in [0.15, 0.2) is 5.78 Å². The number of hydrogen-bond donors (Lipinski definition) is 2. The first-order valence-corrected chi connectivity index (χ1v) is 13.0. The van der Waals surface area contributed by atoms with Crippen LogP contribution in [0.2, 0.25) is 0 Å². The summed E-state index contributed by atoms with van der Waals surface area (Å²) in [5.41, 5.74) is -0.989. The van der Waals surface area contributed by atoms with E-state index in [0.717, 1.165) is 5.56 Å². The molecule has 1 aromatic carbocycles. The molecule has 39 heavy (non-hydrogen) atoms. The van der Waals surface area contributed by atoms with Gasteiger partial charge in [0, 0.05) is 13.0 Å². The first kappa shape index (κ1) is 31.6. The van der Waals surface area contributed by atoms with Crippen LogP contribution >= 0.6 is 0 Å². The number of nitrogens with one attached hydrogen (secondary N) is 2. The van der Waals surface area contributed by atoms with Crippen molar-refractivity contribution < 1.29 is 33.4 Å². The molecule has 1 fully saturated rings. The number of carbonyl (C=O) groups excluding carboxylic acids is 4. The maximum Gasteiger partial charge on any atom is 0.408 e. The number of hydrogen-bond acceptors (Lipinski definition) is 7. The van der Waals surface area contributed by atoms with E-state index >= 15 is 0 Å². The van der Waals surface area contributed by atoms with Crippen LogP contribution < -0.4 is 15.4 Å². The quantitative estimate of drug-likeness (QED) is 0.411. The Kier molecular flexibility index (Phi) is 10.9. The lowest BCUT2D eigenvalue weighted by atomic mass is 9.93. The van der Waals surface area contributed by atoms with Crippen molar-refractivity contribution in [1.82, 2.24) is 15.5 Å². The van der Waals surface area contributed by atoms with E-state index < -0.39 is 41.3 Å². The van der Waals surface area contributed by atoms with Gasteiger partial charge in [-0.3, -0.25) is 14.4 Å². The van der Waals surface area contributed by atoms with E-state index in [4.69, 9.17) is 20.6 Å². The molecule has 10 heteroatoms. The van der Waals surface area contributed by atoms with E-state index in [2.05, 4.69) is 16.6 Å². The summed E-state index contributed by atoms with van der Waals surface area (Å²) in [6.07, 6.45) is 5.02. The van der Waals surface area contributed by atoms with Crippen LogP contribution in [-0.2, 0) is 30.3 Å². The molecule has 0 saturated carbocycles. The van der Waals surface area contributed by atoms with Crippen molar-refractivity contribution in [2.75, 3.05) is 20.3 Å². The Morgan fingerprint density at radius 2 is 1.79 bits per heavy atom. The molecule has 0 spiro atoms. The van der Waals surface area contributed by atoms with Crippen LogP contribution in [0.25, 0.3) is 0 Å². The van der Waals surface area contributed by atoms with Crippen LogP contribution in [0, 0.1) is 12.3 Å². The van der Waals surface area contributed by atoms with Gasteiger partial charge in [-0.15, -0.1) is 6.42 Å². The zero-order valence-electron chi connectivity index (χ0n) is 24.0. The van der Waals surface area contributed by atoms with Gasteiger partial charge in [-0.05, 0) is 72.1 Å². The molecule has 2 rings (SSSR count). The van der Waals surface area contributed by atoms with Gasteiger partial charge >= 0.3 is 6.09 Å². The number of methoxy groups -OCH3 is 1. The molecule has 1 aromatic rings. The SMILES string of the molecule is C#CCO[C@H](C)[C@H](NC(=O)OC(C)(C)C)C(=O)N[C@@H](Cc1ccc(OC)cc1)C(=O)N1CCC[C@@]1(C)C(C)=O. The van der Waals surface area contributed by atoms with Gasteiger partial charge < -0.3 is 29.7 Å². The smallest absolute Gasteiger partial charge is 0.408 e. The first-order valence-electron chi connectivity index (χ1n) is 13.0.